The molecular formula is C16H20IN3. The number of anilines is 1. The summed E-state index contributed by atoms with van der Waals surface area (Å²) in [6.45, 7) is 8.52. The number of hydrogen-bond donors (Lipinski definition) is 1. The Balaban J connectivity index is 2.68. The summed E-state index contributed by atoms with van der Waals surface area (Å²) >= 11 is 2.32. The number of nitrogens with zero attached hydrogens (tertiary/aromatic N) is 2. The highest BCUT2D eigenvalue weighted by Crippen LogP contribution is 2.29. The van der Waals surface area contributed by atoms with Crippen LogP contribution >= 0.6 is 22.6 Å². The third-order valence-electron chi connectivity index (χ3n) is 3.29. The first-order valence-corrected chi connectivity index (χ1v) is 7.84. The summed E-state index contributed by atoms with van der Waals surface area (Å²) < 4.78 is 1.11. The minimum absolute atomic E-state index is 0.376. The minimum Gasteiger partial charge on any atom is -0.372 e. The summed E-state index contributed by atoms with van der Waals surface area (Å²) in [7, 11) is 1.90. The minimum atomic E-state index is 0.376. The number of benzene rings is 1. The molecule has 2 rings (SSSR count). The zero-order valence-corrected chi connectivity index (χ0v) is 14.7. The van der Waals surface area contributed by atoms with E-state index in [0.29, 0.717) is 5.92 Å². The summed E-state index contributed by atoms with van der Waals surface area (Å²) in [5.74, 6) is 2.08. The molecule has 4 heteroatoms. The molecule has 1 aromatic heterocycles. The maximum Gasteiger partial charge on any atom is 0.162 e. The first-order valence-electron chi connectivity index (χ1n) is 6.76. The molecule has 3 nitrogen and oxygen atoms in total. The Morgan fingerprint density at radius 2 is 1.85 bits per heavy atom. The Morgan fingerprint density at radius 3 is 2.45 bits per heavy atom. The molecule has 0 aliphatic heterocycles. The number of aromatic nitrogens is 2. The summed E-state index contributed by atoms with van der Waals surface area (Å²) in [6, 6.07) is 6.40. The number of aryl methyl sites for hydroxylation is 2. The van der Waals surface area contributed by atoms with Crippen LogP contribution in [0.2, 0.25) is 0 Å². The molecule has 20 heavy (non-hydrogen) atoms. The highest BCUT2D eigenvalue weighted by Gasteiger charge is 2.16. The normalized spacial score (nSPS) is 10.9. The SMILES string of the molecule is CNc1nc(-c2cc(C)ccc2C)nc(C(C)C)c1I. The standard InChI is InChI=1S/C16H20IN3/c1-9(2)14-13(17)16(18-5)20-15(19-14)12-8-10(3)6-7-11(12)4/h6-9H,1-5H3,(H,18,19,20). The fourth-order valence-electron chi connectivity index (χ4n) is 2.11. The molecule has 0 bridgehead atoms. The average molecular weight is 381 g/mol. The Labute approximate surface area is 134 Å². The van der Waals surface area contributed by atoms with Gasteiger partial charge in [-0.3, -0.25) is 0 Å². The van der Waals surface area contributed by atoms with E-state index in [1.807, 2.05) is 7.05 Å². The van der Waals surface area contributed by atoms with E-state index in [-0.39, 0.29) is 0 Å². The van der Waals surface area contributed by atoms with Gasteiger partial charge in [0.1, 0.15) is 5.82 Å². The van der Waals surface area contributed by atoms with Gasteiger partial charge in [-0.2, -0.15) is 0 Å². The highest BCUT2D eigenvalue weighted by atomic mass is 127. The predicted octanol–water partition coefficient (Wildman–Crippen LogP) is 4.53. The van der Waals surface area contributed by atoms with Gasteiger partial charge in [-0.15, -0.1) is 0 Å². The van der Waals surface area contributed by atoms with Gasteiger partial charge in [0.2, 0.25) is 0 Å². The Bertz CT molecular complexity index is 636. The van der Waals surface area contributed by atoms with E-state index in [0.717, 1.165) is 26.5 Å². The number of hydrogen-bond acceptors (Lipinski definition) is 3. The molecule has 0 aliphatic carbocycles. The molecular weight excluding hydrogens is 361 g/mol. The quantitative estimate of drug-likeness (QED) is 0.794. The van der Waals surface area contributed by atoms with Crippen LogP contribution in [0.15, 0.2) is 18.2 Å². The molecule has 106 valence electrons. The second-order valence-corrected chi connectivity index (χ2v) is 6.40. The van der Waals surface area contributed by atoms with E-state index in [9.17, 15) is 0 Å². The molecule has 2 aromatic rings. The van der Waals surface area contributed by atoms with E-state index in [2.05, 4.69) is 78.8 Å². The van der Waals surface area contributed by atoms with Crippen molar-refractivity contribution in [2.45, 2.75) is 33.6 Å². The van der Waals surface area contributed by atoms with Crippen molar-refractivity contribution in [3.63, 3.8) is 0 Å². The van der Waals surface area contributed by atoms with Crippen molar-refractivity contribution in [2.24, 2.45) is 0 Å². The van der Waals surface area contributed by atoms with Crippen molar-refractivity contribution in [3.8, 4) is 11.4 Å². The first-order chi connectivity index (χ1) is 9.43. The molecule has 1 N–H and O–H groups in total. The number of nitrogens with one attached hydrogen (secondary N) is 1. The van der Waals surface area contributed by atoms with E-state index < -0.39 is 0 Å². The number of halogens is 1. The molecule has 0 fully saturated rings. The van der Waals surface area contributed by atoms with Crippen LogP contribution in [-0.2, 0) is 0 Å². The van der Waals surface area contributed by atoms with Crippen LogP contribution < -0.4 is 5.32 Å². The van der Waals surface area contributed by atoms with E-state index in [1.54, 1.807) is 0 Å². The summed E-state index contributed by atoms with van der Waals surface area (Å²) in [5, 5.41) is 3.18. The molecule has 0 atom stereocenters. The zero-order valence-electron chi connectivity index (χ0n) is 12.6. The van der Waals surface area contributed by atoms with Gasteiger partial charge < -0.3 is 5.32 Å². The fraction of sp³-hybridized carbons (Fsp3) is 0.375. The van der Waals surface area contributed by atoms with E-state index in [4.69, 9.17) is 4.98 Å². The highest BCUT2D eigenvalue weighted by molar-refractivity contribution is 14.1. The van der Waals surface area contributed by atoms with Crippen LogP contribution in [0.25, 0.3) is 11.4 Å². The lowest BCUT2D eigenvalue weighted by Gasteiger charge is -2.14. The molecule has 1 heterocycles. The zero-order chi connectivity index (χ0) is 14.9. The third kappa shape index (κ3) is 2.95. The van der Waals surface area contributed by atoms with Gasteiger partial charge in [0.05, 0.1) is 9.26 Å². The monoisotopic (exact) mass is 381 g/mol. The van der Waals surface area contributed by atoms with Gasteiger partial charge in [-0.1, -0.05) is 31.5 Å². The lowest BCUT2D eigenvalue weighted by Crippen LogP contribution is -2.07. The maximum atomic E-state index is 4.79. The van der Waals surface area contributed by atoms with Crippen LogP contribution in [0.5, 0.6) is 0 Å². The smallest absolute Gasteiger partial charge is 0.162 e. The largest absolute Gasteiger partial charge is 0.372 e. The van der Waals surface area contributed by atoms with Crippen molar-refractivity contribution in [1.29, 1.82) is 0 Å². The van der Waals surface area contributed by atoms with Gasteiger partial charge in [-0.25, -0.2) is 9.97 Å². The molecule has 0 saturated carbocycles. The fourth-order valence-corrected chi connectivity index (χ4v) is 3.24. The molecule has 1 aromatic carbocycles. The molecule has 0 aliphatic rings. The second-order valence-electron chi connectivity index (χ2n) is 5.32. The maximum absolute atomic E-state index is 4.79. The average Bonchev–Trinajstić information content (AvgIpc) is 2.41. The van der Waals surface area contributed by atoms with Crippen molar-refractivity contribution in [1.82, 2.24) is 9.97 Å². The first kappa shape index (κ1) is 15.2. The summed E-state index contributed by atoms with van der Waals surface area (Å²) in [4.78, 5) is 9.47. The number of rotatable bonds is 3. The molecule has 0 saturated heterocycles. The van der Waals surface area contributed by atoms with Crippen molar-refractivity contribution in [2.75, 3.05) is 12.4 Å². The van der Waals surface area contributed by atoms with Gasteiger partial charge >= 0.3 is 0 Å². The summed E-state index contributed by atoms with van der Waals surface area (Å²) in [6.07, 6.45) is 0. The van der Waals surface area contributed by atoms with E-state index >= 15 is 0 Å². The van der Waals surface area contributed by atoms with Crippen molar-refractivity contribution < 1.29 is 0 Å². The Hall–Kier alpha value is -1.17. The van der Waals surface area contributed by atoms with Gasteiger partial charge in [0, 0.05) is 12.6 Å². The summed E-state index contributed by atoms with van der Waals surface area (Å²) in [5.41, 5.74) is 4.64. The Morgan fingerprint density at radius 1 is 1.15 bits per heavy atom. The van der Waals surface area contributed by atoms with Gasteiger partial charge in [0.25, 0.3) is 0 Å². The van der Waals surface area contributed by atoms with Crippen LogP contribution in [0, 0.1) is 17.4 Å². The van der Waals surface area contributed by atoms with Crippen molar-refractivity contribution in [3.05, 3.63) is 38.6 Å². The van der Waals surface area contributed by atoms with Crippen molar-refractivity contribution >= 4 is 28.4 Å². The van der Waals surface area contributed by atoms with Gasteiger partial charge in [0.15, 0.2) is 5.82 Å². The molecule has 0 amide bonds. The lowest BCUT2D eigenvalue weighted by molar-refractivity contribution is 0.809. The van der Waals surface area contributed by atoms with Crippen LogP contribution in [0.3, 0.4) is 0 Å². The van der Waals surface area contributed by atoms with Crippen LogP contribution in [0.1, 0.15) is 36.6 Å². The predicted molar refractivity (Wildman–Crippen MR) is 93.3 cm³/mol. The van der Waals surface area contributed by atoms with E-state index in [1.165, 1.54) is 11.1 Å². The lowest BCUT2D eigenvalue weighted by atomic mass is 10.0. The molecule has 0 unspecified atom stereocenters. The van der Waals surface area contributed by atoms with Gasteiger partial charge in [-0.05, 0) is 54.0 Å². The topological polar surface area (TPSA) is 37.8 Å². The second kappa shape index (κ2) is 6.08. The molecule has 0 radical (unpaired) electrons. The molecule has 0 spiro atoms. The van der Waals surface area contributed by atoms with Crippen LogP contribution in [-0.4, -0.2) is 17.0 Å². The van der Waals surface area contributed by atoms with Crippen LogP contribution in [0.4, 0.5) is 5.82 Å². The Kier molecular flexibility index (Phi) is 4.62. The third-order valence-corrected chi connectivity index (χ3v) is 4.36.